The highest BCUT2D eigenvalue weighted by molar-refractivity contribution is 5.79. The van der Waals surface area contributed by atoms with Crippen LogP contribution in [-0.4, -0.2) is 15.1 Å². The van der Waals surface area contributed by atoms with Gasteiger partial charge in [-0.2, -0.15) is 5.26 Å². The van der Waals surface area contributed by atoms with E-state index in [-0.39, 0.29) is 0 Å². The van der Waals surface area contributed by atoms with Crippen LogP contribution in [0.4, 0.5) is 11.6 Å². The van der Waals surface area contributed by atoms with Crippen LogP contribution >= 0.6 is 0 Å². The van der Waals surface area contributed by atoms with Gasteiger partial charge in [0.05, 0.1) is 28.3 Å². The number of aromatic amines is 1. The molecule has 0 unspecified atom stereocenters. The molecule has 2 aromatic carbocycles. The van der Waals surface area contributed by atoms with Crippen molar-refractivity contribution < 1.29 is 5.11 Å². The Morgan fingerprint density at radius 2 is 1.91 bits per heavy atom. The number of fused-ring (bicyclic) bond motifs is 1. The molecule has 0 amide bonds. The van der Waals surface area contributed by atoms with Crippen molar-refractivity contribution in [2.45, 2.75) is 19.4 Å². The molecule has 0 saturated carbocycles. The molecule has 0 bridgehead atoms. The van der Waals surface area contributed by atoms with Crippen molar-refractivity contribution in [3.05, 3.63) is 53.6 Å². The fourth-order valence-corrected chi connectivity index (χ4v) is 2.24. The van der Waals surface area contributed by atoms with Gasteiger partial charge in [0.15, 0.2) is 0 Å². The van der Waals surface area contributed by atoms with Crippen LogP contribution in [0.2, 0.25) is 0 Å². The zero-order valence-corrected chi connectivity index (χ0v) is 12.4. The first kappa shape index (κ1) is 14.1. The van der Waals surface area contributed by atoms with Gasteiger partial charge in [-0.15, -0.1) is 0 Å². The molecule has 0 aliphatic rings. The summed E-state index contributed by atoms with van der Waals surface area (Å²) in [4.78, 5) is 7.57. The number of nitrogens with zero attached hydrogens (tertiary/aromatic N) is 2. The Kier molecular flexibility index (Phi) is 3.32. The molecule has 5 nitrogen and oxygen atoms in total. The molecule has 3 N–H and O–H groups in total. The van der Waals surface area contributed by atoms with Gasteiger partial charge in [-0.05, 0) is 49.7 Å². The van der Waals surface area contributed by atoms with Crippen LogP contribution < -0.4 is 5.32 Å². The maximum Gasteiger partial charge on any atom is 0.205 e. The molecule has 3 rings (SSSR count). The third-order valence-electron chi connectivity index (χ3n) is 3.47. The minimum atomic E-state index is -0.856. The number of benzene rings is 2. The van der Waals surface area contributed by atoms with E-state index in [0.29, 0.717) is 11.5 Å². The van der Waals surface area contributed by atoms with Gasteiger partial charge < -0.3 is 15.4 Å². The summed E-state index contributed by atoms with van der Waals surface area (Å²) < 4.78 is 0. The van der Waals surface area contributed by atoms with Crippen LogP contribution in [0.5, 0.6) is 0 Å². The minimum Gasteiger partial charge on any atom is -0.386 e. The molecule has 0 spiro atoms. The molecule has 0 atom stereocenters. The number of nitriles is 1. The summed E-state index contributed by atoms with van der Waals surface area (Å²) in [6.07, 6.45) is 0. The van der Waals surface area contributed by atoms with Gasteiger partial charge >= 0.3 is 0 Å². The quantitative estimate of drug-likeness (QED) is 0.690. The van der Waals surface area contributed by atoms with Gasteiger partial charge in [0.2, 0.25) is 5.95 Å². The van der Waals surface area contributed by atoms with Crippen LogP contribution in [0.3, 0.4) is 0 Å². The zero-order valence-electron chi connectivity index (χ0n) is 12.4. The third kappa shape index (κ3) is 2.78. The molecule has 3 aromatic rings. The maximum absolute atomic E-state index is 9.95. The second kappa shape index (κ2) is 5.17. The number of aliphatic hydroxyl groups is 1. The monoisotopic (exact) mass is 292 g/mol. The summed E-state index contributed by atoms with van der Waals surface area (Å²) in [5.74, 6) is 0.612. The number of aromatic nitrogens is 2. The third-order valence-corrected chi connectivity index (χ3v) is 3.47. The standard InChI is InChI=1S/C17H16N4O/c1-17(2,22)12-4-6-13(7-5-12)19-16-20-14-8-3-11(10-18)9-15(14)21-16/h3-9,22H,1-2H3,(H2,19,20,21). The molecule has 0 saturated heterocycles. The van der Waals surface area contributed by atoms with E-state index in [4.69, 9.17) is 5.26 Å². The average molecular weight is 292 g/mol. The Hall–Kier alpha value is -2.84. The highest BCUT2D eigenvalue weighted by Crippen LogP contribution is 2.23. The van der Waals surface area contributed by atoms with Gasteiger partial charge in [0.1, 0.15) is 0 Å². The highest BCUT2D eigenvalue weighted by Gasteiger charge is 2.15. The first-order valence-corrected chi connectivity index (χ1v) is 6.95. The molecule has 0 aliphatic heterocycles. The van der Waals surface area contributed by atoms with Gasteiger partial charge in [-0.25, -0.2) is 4.98 Å². The van der Waals surface area contributed by atoms with Crippen molar-refractivity contribution >= 4 is 22.7 Å². The number of nitrogens with one attached hydrogen (secondary N) is 2. The van der Waals surface area contributed by atoms with Crippen molar-refractivity contribution in [3.8, 4) is 6.07 Å². The Morgan fingerprint density at radius 3 is 2.55 bits per heavy atom. The molecule has 1 aromatic heterocycles. The lowest BCUT2D eigenvalue weighted by Gasteiger charge is -2.17. The largest absolute Gasteiger partial charge is 0.386 e. The van der Waals surface area contributed by atoms with Crippen molar-refractivity contribution in [2.24, 2.45) is 0 Å². The van der Waals surface area contributed by atoms with Crippen molar-refractivity contribution in [1.29, 1.82) is 5.26 Å². The van der Waals surface area contributed by atoms with Crippen molar-refractivity contribution in [3.63, 3.8) is 0 Å². The maximum atomic E-state index is 9.95. The number of H-pyrrole nitrogens is 1. The number of imidazole rings is 1. The molecule has 1 heterocycles. The summed E-state index contributed by atoms with van der Waals surface area (Å²) in [6, 6.07) is 15.0. The molecular formula is C17H16N4O. The van der Waals surface area contributed by atoms with Crippen LogP contribution in [0.15, 0.2) is 42.5 Å². The van der Waals surface area contributed by atoms with Crippen molar-refractivity contribution in [2.75, 3.05) is 5.32 Å². The molecule has 0 fully saturated rings. The smallest absolute Gasteiger partial charge is 0.205 e. The van der Waals surface area contributed by atoms with E-state index >= 15 is 0 Å². The van der Waals surface area contributed by atoms with E-state index in [1.165, 1.54) is 0 Å². The van der Waals surface area contributed by atoms with E-state index in [2.05, 4.69) is 21.4 Å². The van der Waals surface area contributed by atoms with Gasteiger partial charge in [-0.1, -0.05) is 12.1 Å². The number of hydrogen-bond acceptors (Lipinski definition) is 4. The second-order valence-corrected chi connectivity index (χ2v) is 5.69. The summed E-state index contributed by atoms with van der Waals surface area (Å²) in [7, 11) is 0. The lowest BCUT2D eigenvalue weighted by Crippen LogP contribution is -2.15. The lowest BCUT2D eigenvalue weighted by molar-refractivity contribution is 0.0786. The fraction of sp³-hybridized carbons (Fsp3) is 0.176. The topological polar surface area (TPSA) is 84.7 Å². The van der Waals surface area contributed by atoms with Gasteiger partial charge in [0, 0.05) is 5.69 Å². The fourth-order valence-electron chi connectivity index (χ4n) is 2.24. The van der Waals surface area contributed by atoms with E-state index in [0.717, 1.165) is 22.3 Å². The van der Waals surface area contributed by atoms with Gasteiger partial charge in [-0.3, -0.25) is 0 Å². The van der Waals surface area contributed by atoms with E-state index in [1.807, 2.05) is 30.3 Å². The SMILES string of the molecule is CC(C)(O)c1ccc(Nc2nc3ccc(C#N)cc3[nH]2)cc1. The Bertz CT molecular complexity index is 851. The predicted molar refractivity (Wildman–Crippen MR) is 85.8 cm³/mol. The average Bonchev–Trinajstić information content (AvgIpc) is 2.88. The molecule has 5 heteroatoms. The Labute approximate surface area is 128 Å². The molecule has 0 aliphatic carbocycles. The van der Waals surface area contributed by atoms with Crippen LogP contribution in [-0.2, 0) is 5.60 Å². The number of rotatable bonds is 3. The second-order valence-electron chi connectivity index (χ2n) is 5.69. The summed E-state index contributed by atoms with van der Waals surface area (Å²) in [5.41, 5.74) is 3.07. The summed E-state index contributed by atoms with van der Waals surface area (Å²) >= 11 is 0. The molecule has 22 heavy (non-hydrogen) atoms. The van der Waals surface area contributed by atoms with Crippen molar-refractivity contribution in [1.82, 2.24) is 9.97 Å². The molecular weight excluding hydrogens is 276 g/mol. The first-order chi connectivity index (χ1) is 10.5. The van der Waals surface area contributed by atoms with E-state index in [1.54, 1.807) is 26.0 Å². The van der Waals surface area contributed by atoms with Crippen LogP contribution in [0, 0.1) is 11.3 Å². The lowest BCUT2D eigenvalue weighted by atomic mass is 9.98. The number of anilines is 2. The Morgan fingerprint density at radius 1 is 1.18 bits per heavy atom. The Balaban J connectivity index is 1.85. The highest BCUT2D eigenvalue weighted by atomic mass is 16.3. The minimum absolute atomic E-state index is 0.595. The molecule has 0 radical (unpaired) electrons. The summed E-state index contributed by atoms with van der Waals surface area (Å²) in [6.45, 7) is 3.50. The van der Waals surface area contributed by atoms with E-state index < -0.39 is 5.60 Å². The molecule has 110 valence electrons. The van der Waals surface area contributed by atoms with Gasteiger partial charge in [0.25, 0.3) is 0 Å². The van der Waals surface area contributed by atoms with Crippen LogP contribution in [0.1, 0.15) is 25.0 Å². The van der Waals surface area contributed by atoms with E-state index in [9.17, 15) is 5.11 Å². The normalized spacial score (nSPS) is 11.4. The first-order valence-electron chi connectivity index (χ1n) is 6.95. The van der Waals surface area contributed by atoms with Crippen LogP contribution in [0.25, 0.3) is 11.0 Å². The summed E-state index contributed by atoms with van der Waals surface area (Å²) in [5, 5.41) is 22.0. The predicted octanol–water partition coefficient (Wildman–Crippen LogP) is 3.41. The number of hydrogen-bond donors (Lipinski definition) is 3. The zero-order chi connectivity index (χ0) is 15.7.